The number of hydrogen-bond donors (Lipinski definition) is 1. The van der Waals surface area contributed by atoms with Crippen LogP contribution in [0.1, 0.15) is 29.8 Å². The van der Waals surface area contributed by atoms with Crippen LogP contribution in [-0.4, -0.2) is 51.4 Å². The van der Waals surface area contributed by atoms with Gasteiger partial charge in [0.25, 0.3) is 0 Å². The number of carbonyl (C=O) groups is 2. The fourth-order valence-electron chi connectivity index (χ4n) is 4.08. The number of carboxylic acid groups (broad SMARTS) is 1. The zero-order valence-electron chi connectivity index (χ0n) is 13.0. The van der Waals surface area contributed by atoms with Gasteiger partial charge in [-0.1, -0.05) is 0 Å². The minimum absolute atomic E-state index is 0.130. The van der Waals surface area contributed by atoms with Crippen molar-refractivity contribution in [3.8, 4) is 0 Å². The Labute approximate surface area is 142 Å². The Kier molecular flexibility index (Phi) is 2.92. The summed E-state index contributed by atoms with van der Waals surface area (Å²) in [6, 6.07) is 6.58. The van der Waals surface area contributed by atoms with E-state index in [1.807, 2.05) is 18.2 Å². The fourth-order valence-corrected chi connectivity index (χ4v) is 4.88. The van der Waals surface area contributed by atoms with Gasteiger partial charge in [0, 0.05) is 36.1 Å². The molecule has 7 heteroatoms. The highest BCUT2D eigenvalue weighted by molar-refractivity contribution is 7.13. The maximum Gasteiger partial charge on any atom is 0.356 e. The molecule has 2 saturated heterocycles. The molecule has 24 heavy (non-hydrogen) atoms. The quantitative estimate of drug-likeness (QED) is 0.925. The zero-order valence-corrected chi connectivity index (χ0v) is 13.8. The van der Waals surface area contributed by atoms with Crippen molar-refractivity contribution in [3.05, 3.63) is 23.9 Å². The van der Waals surface area contributed by atoms with Crippen LogP contribution in [0.3, 0.4) is 0 Å². The molecule has 1 N–H and O–H groups in total. The second-order valence-electron chi connectivity index (χ2n) is 6.98. The van der Waals surface area contributed by atoms with Crippen LogP contribution < -0.4 is 4.90 Å². The number of fused-ring (bicyclic) bond motifs is 3. The number of carboxylic acids is 1. The van der Waals surface area contributed by atoms with Gasteiger partial charge in [0.05, 0.1) is 10.7 Å². The van der Waals surface area contributed by atoms with Crippen molar-refractivity contribution < 1.29 is 14.7 Å². The lowest BCUT2D eigenvalue weighted by Crippen LogP contribution is -2.49. The van der Waals surface area contributed by atoms with Gasteiger partial charge in [-0.25, -0.2) is 4.79 Å². The van der Waals surface area contributed by atoms with E-state index in [1.165, 1.54) is 11.5 Å². The molecule has 6 nitrogen and oxygen atoms in total. The molecule has 0 unspecified atom stereocenters. The molecule has 5 rings (SSSR count). The third-order valence-corrected chi connectivity index (χ3v) is 6.25. The first-order chi connectivity index (χ1) is 11.6. The van der Waals surface area contributed by atoms with E-state index in [0.717, 1.165) is 42.7 Å². The normalized spacial score (nSPS) is 25.7. The third-order valence-electron chi connectivity index (χ3n) is 5.44. The molecule has 2 bridgehead atoms. The number of nitrogens with zero attached hydrogens (tertiary/aromatic N) is 3. The number of likely N-dealkylation sites (tertiary alicyclic amines) is 1. The first kappa shape index (κ1) is 14.2. The first-order valence-electron chi connectivity index (χ1n) is 8.31. The highest BCUT2D eigenvalue weighted by atomic mass is 32.1. The van der Waals surface area contributed by atoms with Crippen molar-refractivity contribution in [2.45, 2.75) is 31.3 Å². The highest BCUT2D eigenvalue weighted by Gasteiger charge is 2.48. The first-order valence-corrected chi connectivity index (χ1v) is 9.09. The monoisotopic (exact) mass is 343 g/mol. The number of hydrogen-bond acceptors (Lipinski definition) is 5. The summed E-state index contributed by atoms with van der Waals surface area (Å²) in [6.45, 7) is 1.69. The van der Waals surface area contributed by atoms with Gasteiger partial charge < -0.3 is 14.9 Å². The van der Waals surface area contributed by atoms with Gasteiger partial charge in [0.1, 0.15) is 0 Å². The molecule has 1 aromatic heterocycles. The van der Waals surface area contributed by atoms with Crippen LogP contribution in [-0.2, 0) is 4.79 Å². The maximum absolute atomic E-state index is 12.3. The van der Waals surface area contributed by atoms with Crippen LogP contribution in [0.5, 0.6) is 0 Å². The molecule has 1 aliphatic carbocycles. The molecule has 3 fully saturated rings. The second kappa shape index (κ2) is 4.92. The Balaban J connectivity index is 1.39. The van der Waals surface area contributed by atoms with E-state index in [0.29, 0.717) is 29.3 Å². The van der Waals surface area contributed by atoms with Gasteiger partial charge in [-0.3, -0.25) is 4.79 Å². The van der Waals surface area contributed by atoms with Crippen LogP contribution in [0.15, 0.2) is 18.2 Å². The van der Waals surface area contributed by atoms with Crippen LogP contribution in [0.4, 0.5) is 5.69 Å². The Morgan fingerprint density at radius 2 is 2.04 bits per heavy atom. The Morgan fingerprint density at radius 3 is 2.71 bits per heavy atom. The van der Waals surface area contributed by atoms with Crippen molar-refractivity contribution in [1.82, 2.24) is 9.27 Å². The molecule has 3 heterocycles. The summed E-state index contributed by atoms with van der Waals surface area (Å²) in [5, 5.41) is 9.87. The van der Waals surface area contributed by atoms with Gasteiger partial charge in [-0.15, -0.1) is 0 Å². The summed E-state index contributed by atoms with van der Waals surface area (Å²) in [5.41, 5.74) is 1.24. The van der Waals surface area contributed by atoms with E-state index in [-0.39, 0.29) is 5.69 Å². The molecule has 0 spiro atoms. The van der Waals surface area contributed by atoms with Crippen LogP contribution in [0.2, 0.25) is 0 Å². The van der Waals surface area contributed by atoms with Crippen molar-refractivity contribution in [2.75, 3.05) is 18.0 Å². The molecule has 1 aromatic carbocycles. The van der Waals surface area contributed by atoms with Crippen molar-refractivity contribution in [2.24, 2.45) is 5.92 Å². The average Bonchev–Trinajstić information content (AvgIpc) is 3.04. The molecule has 1 amide bonds. The number of benzene rings is 1. The molecule has 3 aliphatic rings. The number of carbonyl (C=O) groups excluding carboxylic acids is 1. The number of piperazine rings is 1. The van der Waals surface area contributed by atoms with Gasteiger partial charge in [-0.05, 0) is 49.0 Å². The van der Waals surface area contributed by atoms with Gasteiger partial charge in [0.15, 0.2) is 5.69 Å². The van der Waals surface area contributed by atoms with Crippen molar-refractivity contribution >= 4 is 39.2 Å². The summed E-state index contributed by atoms with van der Waals surface area (Å²) in [4.78, 5) is 28.0. The number of aromatic nitrogens is 1. The van der Waals surface area contributed by atoms with Crippen molar-refractivity contribution in [1.29, 1.82) is 0 Å². The number of aromatic carboxylic acids is 1. The molecular formula is C17H17N3O3S. The second-order valence-corrected chi connectivity index (χ2v) is 7.78. The summed E-state index contributed by atoms with van der Waals surface area (Å²) >= 11 is 1.23. The predicted octanol–water partition coefficient (Wildman–Crippen LogP) is 2.19. The van der Waals surface area contributed by atoms with E-state index in [1.54, 1.807) is 0 Å². The van der Waals surface area contributed by atoms with Crippen LogP contribution in [0.25, 0.3) is 10.1 Å². The van der Waals surface area contributed by atoms with Gasteiger partial charge in [0.2, 0.25) is 5.91 Å². The smallest absolute Gasteiger partial charge is 0.356 e. The lowest BCUT2D eigenvalue weighted by Gasteiger charge is -2.35. The maximum atomic E-state index is 12.3. The van der Waals surface area contributed by atoms with E-state index >= 15 is 0 Å². The minimum atomic E-state index is -0.983. The average molecular weight is 343 g/mol. The van der Waals surface area contributed by atoms with Crippen molar-refractivity contribution in [3.63, 3.8) is 0 Å². The summed E-state index contributed by atoms with van der Waals surface area (Å²) in [5.74, 6) is -0.338. The molecule has 1 saturated carbocycles. The standard InChI is InChI=1S/C17H17N3O3S/c21-16(9-1-2-9)20-8-11-5-12(20)7-19(11)10-3-4-13-14(6-10)24-18-15(13)17(22)23/h3-4,6,9,11-12H,1-2,5,7-8H2,(H,22,23)/t11-,12-/m0/s1. The predicted molar refractivity (Wildman–Crippen MR) is 90.6 cm³/mol. The van der Waals surface area contributed by atoms with E-state index < -0.39 is 5.97 Å². The summed E-state index contributed by atoms with van der Waals surface area (Å²) < 4.78 is 4.94. The number of anilines is 1. The topological polar surface area (TPSA) is 73.7 Å². The van der Waals surface area contributed by atoms with Crippen LogP contribution in [0, 0.1) is 5.92 Å². The Morgan fingerprint density at radius 1 is 1.21 bits per heavy atom. The van der Waals surface area contributed by atoms with E-state index in [9.17, 15) is 9.59 Å². The molecule has 2 aromatic rings. The van der Waals surface area contributed by atoms with Gasteiger partial charge in [-0.2, -0.15) is 4.37 Å². The highest BCUT2D eigenvalue weighted by Crippen LogP contribution is 2.40. The minimum Gasteiger partial charge on any atom is -0.476 e. The fraction of sp³-hybridized carbons (Fsp3) is 0.471. The lowest BCUT2D eigenvalue weighted by atomic mass is 10.1. The van der Waals surface area contributed by atoms with Crippen LogP contribution >= 0.6 is 11.5 Å². The Hall–Kier alpha value is -2.15. The SMILES string of the molecule is O=C(O)c1nsc2cc(N3C[C@@H]4C[C@H]3CN4C(=O)C3CC3)ccc12. The zero-order chi connectivity index (χ0) is 16.4. The number of amides is 1. The molecular weight excluding hydrogens is 326 g/mol. The number of rotatable bonds is 3. The molecule has 2 atom stereocenters. The lowest BCUT2D eigenvalue weighted by molar-refractivity contribution is -0.133. The Bertz CT molecular complexity index is 860. The molecule has 2 aliphatic heterocycles. The summed E-state index contributed by atoms with van der Waals surface area (Å²) in [6.07, 6.45) is 3.16. The molecule has 124 valence electrons. The third kappa shape index (κ3) is 2.04. The molecule has 0 radical (unpaired) electrons. The summed E-state index contributed by atoms with van der Waals surface area (Å²) in [7, 11) is 0. The van der Waals surface area contributed by atoms with E-state index in [2.05, 4.69) is 14.2 Å². The largest absolute Gasteiger partial charge is 0.476 e. The van der Waals surface area contributed by atoms with Gasteiger partial charge >= 0.3 is 5.97 Å². The van der Waals surface area contributed by atoms with E-state index in [4.69, 9.17) is 5.11 Å².